The fourth-order valence-electron chi connectivity index (χ4n) is 3.50. The summed E-state index contributed by atoms with van der Waals surface area (Å²) in [5, 5.41) is 0. The molecule has 158 valence electrons. The summed E-state index contributed by atoms with van der Waals surface area (Å²) < 4.78 is 44.1. The van der Waals surface area contributed by atoms with Gasteiger partial charge in [0.2, 0.25) is 5.95 Å². The van der Waals surface area contributed by atoms with Crippen molar-refractivity contribution in [1.29, 1.82) is 0 Å². The quantitative estimate of drug-likeness (QED) is 0.793. The molecule has 2 aromatic rings. The normalized spacial score (nSPS) is 15.1. The van der Waals surface area contributed by atoms with Gasteiger partial charge in [0.05, 0.1) is 17.9 Å². The SMILES string of the molecule is CCCc1c(COC)nc(N2CCN(c3cccc(C(F)(F)F)c3)CC2)[nH]c1=O. The van der Waals surface area contributed by atoms with Gasteiger partial charge in [-0.05, 0) is 24.6 Å². The van der Waals surface area contributed by atoms with Crippen LogP contribution in [0.3, 0.4) is 0 Å². The molecule has 0 saturated carbocycles. The van der Waals surface area contributed by atoms with Crippen LogP contribution in [0.1, 0.15) is 30.2 Å². The molecule has 1 aromatic heterocycles. The topological polar surface area (TPSA) is 61.5 Å². The fourth-order valence-corrected chi connectivity index (χ4v) is 3.50. The Bertz CT molecular complexity index is 890. The van der Waals surface area contributed by atoms with Crippen molar-refractivity contribution >= 4 is 11.6 Å². The van der Waals surface area contributed by atoms with Crippen LogP contribution in [-0.4, -0.2) is 43.3 Å². The largest absolute Gasteiger partial charge is 0.416 e. The molecule has 2 heterocycles. The first-order valence-electron chi connectivity index (χ1n) is 9.61. The zero-order valence-corrected chi connectivity index (χ0v) is 16.6. The lowest BCUT2D eigenvalue weighted by atomic mass is 10.1. The van der Waals surface area contributed by atoms with E-state index in [1.165, 1.54) is 12.1 Å². The number of H-pyrrole nitrogens is 1. The van der Waals surface area contributed by atoms with E-state index in [1.54, 1.807) is 13.2 Å². The molecule has 0 bridgehead atoms. The minimum absolute atomic E-state index is 0.163. The molecular weight excluding hydrogens is 385 g/mol. The number of nitrogens with one attached hydrogen (secondary N) is 1. The second-order valence-corrected chi connectivity index (χ2v) is 7.02. The van der Waals surface area contributed by atoms with Gasteiger partial charge in [-0.25, -0.2) is 4.98 Å². The maximum atomic E-state index is 13.0. The number of anilines is 2. The summed E-state index contributed by atoms with van der Waals surface area (Å²) in [6.07, 6.45) is -2.90. The maximum absolute atomic E-state index is 13.0. The Kier molecular flexibility index (Phi) is 6.46. The summed E-state index contributed by atoms with van der Waals surface area (Å²) in [6, 6.07) is 5.35. The van der Waals surface area contributed by atoms with E-state index in [2.05, 4.69) is 9.97 Å². The molecule has 0 aliphatic carbocycles. The fraction of sp³-hybridized carbons (Fsp3) is 0.500. The molecule has 9 heteroatoms. The predicted molar refractivity (Wildman–Crippen MR) is 105 cm³/mol. The van der Waals surface area contributed by atoms with Crippen molar-refractivity contribution in [2.24, 2.45) is 0 Å². The lowest BCUT2D eigenvalue weighted by molar-refractivity contribution is -0.137. The summed E-state index contributed by atoms with van der Waals surface area (Å²) >= 11 is 0. The van der Waals surface area contributed by atoms with Crippen LogP contribution in [-0.2, 0) is 23.9 Å². The molecule has 1 aromatic carbocycles. The van der Waals surface area contributed by atoms with Crippen LogP contribution >= 0.6 is 0 Å². The molecule has 0 amide bonds. The Hall–Kier alpha value is -2.55. The van der Waals surface area contributed by atoms with Gasteiger partial charge in [-0.3, -0.25) is 9.78 Å². The highest BCUT2D eigenvalue weighted by Gasteiger charge is 2.31. The van der Waals surface area contributed by atoms with Crippen molar-refractivity contribution in [3.05, 3.63) is 51.4 Å². The standard InChI is InChI=1S/C20H25F3N4O2/c1-3-5-16-17(13-29-2)24-19(25-18(16)28)27-10-8-26(9-11-27)15-7-4-6-14(12-15)20(21,22)23/h4,6-7,12H,3,5,8-11,13H2,1-2H3,(H,24,25,28). The molecule has 0 spiro atoms. The molecule has 1 aliphatic rings. The van der Waals surface area contributed by atoms with E-state index < -0.39 is 11.7 Å². The van der Waals surface area contributed by atoms with Crippen LogP contribution in [0.15, 0.2) is 29.1 Å². The minimum atomic E-state index is -4.36. The molecular formula is C20H25F3N4O2. The second kappa shape index (κ2) is 8.86. The van der Waals surface area contributed by atoms with Gasteiger partial charge in [0.15, 0.2) is 0 Å². The summed E-state index contributed by atoms with van der Waals surface area (Å²) in [5.41, 5.74) is 0.997. The first-order chi connectivity index (χ1) is 13.8. The van der Waals surface area contributed by atoms with Crippen molar-refractivity contribution in [2.75, 3.05) is 43.1 Å². The Labute approximate surface area is 167 Å². The highest BCUT2D eigenvalue weighted by molar-refractivity contribution is 5.51. The number of nitrogens with zero attached hydrogens (tertiary/aromatic N) is 3. The number of ether oxygens (including phenoxy) is 1. The van der Waals surface area contributed by atoms with Gasteiger partial charge < -0.3 is 14.5 Å². The smallest absolute Gasteiger partial charge is 0.378 e. The van der Waals surface area contributed by atoms with Crippen LogP contribution in [0.25, 0.3) is 0 Å². The van der Waals surface area contributed by atoms with Crippen LogP contribution in [0, 0.1) is 0 Å². The second-order valence-electron chi connectivity index (χ2n) is 7.02. The van der Waals surface area contributed by atoms with Crippen molar-refractivity contribution in [3.63, 3.8) is 0 Å². The number of alkyl halides is 3. The Morgan fingerprint density at radius 3 is 2.48 bits per heavy atom. The van der Waals surface area contributed by atoms with E-state index in [0.717, 1.165) is 12.5 Å². The first-order valence-corrected chi connectivity index (χ1v) is 9.61. The molecule has 1 saturated heterocycles. The van der Waals surface area contributed by atoms with E-state index in [0.29, 0.717) is 55.5 Å². The average Bonchev–Trinajstić information content (AvgIpc) is 2.70. The maximum Gasteiger partial charge on any atom is 0.416 e. The average molecular weight is 410 g/mol. The number of aromatic nitrogens is 2. The van der Waals surface area contributed by atoms with Gasteiger partial charge >= 0.3 is 6.18 Å². The third kappa shape index (κ3) is 4.90. The number of hydrogen-bond donors (Lipinski definition) is 1. The lowest BCUT2D eigenvalue weighted by Gasteiger charge is -2.36. The van der Waals surface area contributed by atoms with Gasteiger partial charge in [0.1, 0.15) is 0 Å². The third-order valence-electron chi connectivity index (χ3n) is 4.99. The van der Waals surface area contributed by atoms with Crippen LogP contribution in [0.4, 0.5) is 24.8 Å². The summed E-state index contributed by atoms with van der Waals surface area (Å²) in [7, 11) is 1.56. The highest BCUT2D eigenvalue weighted by Crippen LogP contribution is 2.32. The van der Waals surface area contributed by atoms with Crippen molar-refractivity contribution < 1.29 is 17.9 Å². The van der Waals surface area contributed by atoms with E-state index >= 15 is 0 Å². The summed E-state index contributed by atoms with van der Waals surface area (Å²) in [6.45, 7) is 4.40. The van der Waals surface area contributed by atoms with Gasteiger partial charge in [-0.1, -0.05) is 19.4 Å². The minimum Gasteiger partial charge on any atom is -0.378 e. The van der Waals surface area contributed by atoms with Gasteiger partial charge in [-0.15, -0.1) is 0 Å². The van der Waals surface area contributed by atoms with E-state index in [1.807, 2.05) is 16.7 Å². The first kappa shape index (κ1) is 21.2. The summed E-state index contributed by atoms with van der Waals surface area (Å²) in [5.74, 6) is 0.477. The van der Waals surface area contributed by atoms with Crippen LogP contribution < -0.4 is 15.4 Å². The lowest BCUT2D eigenvalue weighted by Crippen LogP contribution is -2.47. The molecule has 3 rings (SSSR count). The Balaban J connectivity index is 1.75. The monoisotopic (exact) mass is 410 g/mol. The number of benzene rings is 1. The van der Waals surface area contributed by atoms with Gasteiger partial charge in [0.25, 0.3) is 5.56 Å². The number of halogens is 3. The number of piperazine rings is 1. The number of methoxy groups -OCH3 is 1. The Morgan fingerprint density at radius 2 is 1.86 bits per heavy atom. The van der Waals surface area contributed by atoms with E-state index in [9.17, 15) is 18.0 Å². The van der Waals surface area contributed by atoms with Crippen LogP contribution in [0.5, 0.6) is 0 Å². The Morgan fingerprint density at radius 1 is 1.17 bits per heavy atom. The van der Waals surface area contributed by atoms with E-state index in [4.69, 9.17) is 4.74 Å². The third-order valence-corrected chi connectivity index (χ3v) is 4.99. The number of hydrogen-bond acceptors (Lipinski definition) is 5. The molecule has 6 nitrogen and oxygen atoms in total. The van der Waals surface area contributed by atoms with E-state index in [-0.39, 0.29) is 12.2 Å². The summed E-state index contributed by atoms with van der Waals surface area (Å²) in [4.78, 5) is 23.8. The molecule has 0 atom stereocenters. The predicted octanol–water partition coefficient (Wildman–Crippen LogP) is 3.21. The van der Waals surface area contributed by atoms with Crippen LogP contribution in [0.2, 0.25) is 0 Å². The van der Waals surface area contributed by atoms with Gasteiger partial charge in [0, 0.05) is 44.5 Å². The molecule has 0 radical (unpaired) electrons. The molecule has 29 heavy (non-hydrogen) atoms. The molecule has 1 N–H and O–H groups in total. The van der Waals surface area contributed by atoms with Crippen molar-refractivity contribution in [3.8, 4) is 0 Å². The van der Waals surface area contributed by atoms with Crippen molar-refractivity contribution in [2.45, 2.75) is 32.5 Å². The number of rotatable bonds is 6. The zero-order valence-electron chi connectivity index (χ0n) is 16.6. The highest BCUT2D eigenvalue weighted by atomic mass is 19.4. The molecule has 0 unspecified atom stereocenters. The zero-order chi connectivity index (χ0) is 21.0. The molecule has 1 fully saturated rings. The van der Waals surface area contributed by atoms with Gasteiger partial charge in [-0.2, -0.15) is 13.2 Å². The number of aromatic amines is 1. The molecule has 1 aliphatic heterocycles. The van der Waals surface area contributed by atoms with Crippen molar-refractivity contribution in [1.82, 2.24) is 9.97 Å².